The van der Waals surface area contributed by atoms with Crippen LogP contribution in [0.3, 0.4) is 0 Å². The van der Waals surface area contributed by atoms with Gasteiger partial charge in [-0.05, 0) is 17.7 Å². The smallest absolute Gasteiger partial charge is 0.181 e. The molecule has 0 saturated carbocycles. The fraction of sp³-hybridized carbons (Fsp3) is 0.300. The first-order valence-corrected chi connectivity index (χ1v) is 4.86. The Morgan fingerprint density at radius 3 is 2.93 bits per heavy atom. The van der Waals surface area contributed by atoms with Gasteiger partial charge < -0.3 is 9.15 Å². The van der Waals surface area contributed by atoms with Crippen molar-refractivity contribution in [3.05, 3.63) is 30.2 Å². The topological polar surface area (TPSA) is 35.3 Å². The zero-order chi connectivity index (χ0) is 9.60. The number of hydrogen-bond donors (Lipinski definition) is 1. The van der Waals surface area contributed by atoms with Gasteiger partial charge in [-0.2, -0.15) is 12.6 Å². The predicted molar refractivity (Wildman–Crippen MR) is 55.5 cm³/mol. The van der Waals surface area contributed by atoms with Crippen molar-refractivity contribution >= 4 is 23.7 Å². The van der Waals surface area contributed by atoms with Gasteiger partial charge >= 0.3 is 0 Å². The number of fused-ring (bicyclic) bond motifs is 1. The largest absolute Gasteiger partial charge is 0.443 e. The lowest BCUT2D eigenvalue weighted by Crippen LogP contribution is -2.41. The van der Waals surface area contributed by atoms with E-state index in [2.05, 4.69) is 17.6 Å². The molecular weight excluding hydrogens is 198 g/mol. The number of oxazole rings is 1. The van der Waals surface area contributed by atoms with Gasteiger partial charge in [0.2, 0.25) is 0 Å². The van der Waals surface area contributed by atoms with E-state index in [1.165, 1.54) is 6.39 Å². The van der Waals surface area contributed by atoms with Crippen molar-refractivity contribution in [3.8, 4) is 0 Å². The van der Waals surface area contributed by atoms with Crippen LogP contribution in [0.4, 0.5) is 0 Å². The summed E-state index contributed by atoms with van der Waals surface area (Å²) >= 11 is 4.58. The highest BCUT2D eigenvalue weighted by Gasteiger charge is 2.36. The van der Waals surface area contributed by atoms with E-state index in [-0.39, 0.29) is 4.75 Å². The van der Waals surface area contributed by atoms with Crippen LogP contribution in [0.25, 0.3) is 11.1 Å². The van der Waals surface area contributed by atoms with Crippen molar-refractivity contribution in [1.82, 2.24) is 4.98 Å². The highest BCUT2D eigenvalue weighted by Crippen LogP contribution is 2.37. The van der Waals surface area contributed by atoms with Gasteiger partial charge in [0.05, 0.1) is 18.0 Å². The Kier molecular flexibility index (Phi) is 1.63. The van der Waals surface area contributed by atoms with E-state index >= 15 is 0 Å². The average Bonchev–Trinajstić information content (AvgIpc) is 2.60. The Balaban J connectivity index is 2.13. The van der Waals surface area contributed by atoms with Gasteiger partial charge in [-0.1, -0.05) is 6.07 Å². The minimum atomic E-state index is -0.138. The monoisotopic (exact) mass is 207 g/mol. The molecule has 3 nitrogen and oxygen atoms in total. The first-order chi connectivity index (χ1) is 6.78. The maximum atomic E-state index is 5.24. The molecule has 2 heterocycles. The molecule has 0 radical (unpaired) electrons. The van der Waals surface area contributed by atoms with Crippen LogP contribution >= 0.6 is 12.6 Å². The van der Waals surface area contributed by atoms with E-state index in [0.29, 0.717) is 13.2 Å². The van der Waals surface area contributed by atoms with Crippen molar-refractivity contribution in [2.75, 3.05) is 13.2 Å². The summed E-state index contributed by atoms with van der Waals surface area (Å²) in [6, 6.07) is 5.96. The third kappa shape index (κ3) is 1.07. The normalized spacial score (nSPS) is 19.5. The van der Waals surface area contributed by atoms with Crippen LogP contribution in [0, 0.1) is 0 Å². The summed E-state index contributed by atoms with van der Waals surface area (Å²) in [5.41, 5.74) is 2.82. The molecule has 0 unspecified atom stereocenters. The molecular formula is C10H9NO2S. The van der Waals surface area contributed by atoms with Crippen LogP contribution in [0.2, 0.25) is 0 Å². The van der Waals surface area contributed by atoms with Crippen LogP contribution in [0.15, 0.2) is 29.0 Å². The Morgan fingerprint density at radius 2 is 2.21 bits per heavy atom. The molecule has 0 amide bonds. The number of ether oxygens (including phenoxy) is 1. The van der Waals surface area contributed by atoms with Crippen LogP contribution in [0.5, 0.6) is 0 Å². The summed E-state index contributed by atoms with van der Waals surface area (Å²) in [5.74, 6) is 0. The van der Waals surface area contributed by atoms with Gasteiger partial charge in [-0.15, -0.1) is 0 Å². The number of aromatic nitrogens is 1. The standard InChI is InChI=1S/C10H9NO2S/c14-10(4-12-5-10)7-1-2-8-9(3-7)13-6-11-8/h1-3,6,14H,4-5H2. The van der Waals surface area contributed by atoms with Crippen molar-refractivity contribution in [3.63, 3.8) is 0 Å². The molecule has 0 spiro atoms. The molecule has 3 rings (SSSR count). The van der Waals surface area contributed by atoms with E-state index < -0.39 is 0 Å². The molecule has 1 aliphatic rings. The lowest BCUT2D eigenvalue weighted by Gasteiger charge is -2.37. The molecule has 0 N–H and O–H groups in total. The van der Waals surface area contributed by atoms with E-state index in [4.69, 9.17) is 9.15 Å². The minimum absolute atomic E-state index is 0.138. The van der Waals surface area contributed by atoms with E-state index in [0.717, 1.165) is 16.7 Å². The van der Waals surface area contributed by atoms with Crippen LogP contribution in [-0.2, 0) is 9.48 Å². The second kappa shape index (κ2) is 2.74. The Morgan fingerprint density at radius 1 is 1.36 bits per heavy atom. The highest BCUT2D eigenvalue weighted by atomic mass is 32.1. The van der Waals surface area contributed by atoms with Crippen molar-refractivity contribution in [2.24, 2.45) is 0 Å². The van der Waals surface area contributed by atoms with Crippen LogP contribution in [0.1, 0.15) is 5.56 Å². The first kappa shape index (κ1) is 8.32. The van der Waals surface area contributed by atoms with Gasteiger partial charge in [0.1, 0.15) is 5.52 Å². The number of thiol groups is 1. The van der Waals surface area contributed by atoms with Gasteiger partial charge in [0, 0.05) is 0 Å². The van der Waals surface area contributed by atoms with Crippen molar-refractivity contribution in [1.29, 1.82) is 0 Å². The van der Waals surface area contributed by atoms with Crippen molar-refractivity contribution in [2.45, 2.75) is 4.75 Å². The molecule has 1 aliphatic heterocycles. The maximum Gasteiger partial charge on any atom is 0.181 e. The number of nitrogens with zero attached hydrogens (tertiary/aromatic N) is 1. The summed E-state index contributed by atoms with van der Waals surface area (Å²) in [6.45, 7) is 1.32. The zero-order valence-corrected chi connectivity index (χ0v) is 8.33. The summed E-state index contributed by atoms with van der Waals surface area (Å²) in [7, 11) is 0. The second-order valence-electron chi connectivity index (χ2n) is 3.56. The molecule has 0 aliphatic carbocycles. The van der Waals surface area contributed by atoms with Gasteiger partial charge in [-0.25, -0.2) is 4.98 Å². The Labute approximate surface area is 86.5 Å². The molecule has 0 atom stereocenters. The third-order valence-corrected chi connectivity index (χ3v) is 3.07. The molecule has 1 fully saturated rings. The van der Waals surface area contributed by atoms with Crippen molar-refractivity contribution < 1.29 is 9.15 Å². The molecule has 1 saturated heterocycles. The molecule has 14 heavy (non-hydrogen) atoms. The summed E-state index contributed by atoms with van der Waals surface area (Å²) in [5, 5.41) is 0. The minimum Gasteiger partial charge on any atom is -0.443 e. The lowest BCUT2D eigenvalue weighted by atomic mass is 9.96. The quantitative estimate of drug-likeness (QED) is 0.726. The third-order valence-electron chi connectivity index (χ3n) is 2.55. The molecule has 0 bridgehead atoms. The van der Waals surface area contributed by atoms with E-state index in [1.807, 2.05) is 18.2 Å². The predicted octanol–water partition coefficient (Wildman–Crippen LogP) is 1.98. The Bertz CT molecular complexity index is 476. The molecule has 1 aromatic heterocycles. The fourth-order valence-electron chi connectivity index (χ4n) is 1.61. The number of rotatable bonds is 1. The molecule has 72 valence electrons. The molecule has 2 aromatic rings. The van der Waals surface area contributed by atoms with Gasteiger partial charge in [-0.3, -0.25) is 0 Å². The number of hydrogen-bond acceptors (Lipinski definition) is 4. The first-order valence-electron chi connectivity index (χ1n) is 4.42. The maximum absolute atomic E-state index is 5.24. The van der Waals surface area contributed by atoms with Crippen LogP contribution < -0.4 is 0 Å². The van der Waals surface area contributed by atoms with Gasteiger partial charge in [0.15, 0.2) is 12.0 Å². The SMILES string of the molecule is SC1(c2ccc3ncoc3c2)COC1. The highest BCUT2D eigenvalue weighted by molar-refractivity contribution is 7.81. The molecule has 1 aromatic carbocycles. The Hall–Kier alpha value is -1.00. The van der Waals surface area contributed by atoms with E-state index in [1.54, 1.807) is 0 Å². The number of benzene rings is 1. The van der Waals surface area contributed by atoms with Gasteiger partial charge in [0.25, 0.3) is 0 Å². The lowest BCUT2D eigenvalue weighted by molar-refractivity contribution is -0.00966. The zero-order valence-electron chi connectivity index (χ0n) is 7.43. The van der Waals surface area contributed by atoms with Crippen LogP contribution in [-0.4, -0.2) is 18.2 Å². The summed E-state index contributed by atoms with van der Waals surface area (Å²) in [4.78, 5) is 4.06. The molecule has 4 heteroatoms. The fourth-order valence-corrected chi connectivity index (χ4v) is 1.93. The van der Waals surface area contributed by atoms with E-state index in [9.17, 15) is 0 Å². The second-order valence-corrected chi connectivity index (χ2v) is 4.42. The summed E-state index contributed by atoms with van der Waals surface area (Å²) in [6.07, 6.45) is 1.46. The average molecular weight is 207 g/mol. The summed E-state index contributed by atoms with van der Waals surface area (Å²) < 4.78 is 10.3.